The Kier molecular flexibility index (Phi) is 6.23. The van der Waals surface area contributed by atoms with Gasteiger partial charge in [-0.05, 0) is 54.8 Å². The number of anilines is 2. The number of nitrogens with zero attached hydrogens (tertiary/aromatic N) is 2. The molecule has 182 valence electrons. The van der Waals surface area contributed by atoms with Crippen molar-refractivity contribution in [1.29, 1.82) is 5.41 Å². The molecule has 0 spiro atoms. The van der Waals surface area contributed by atoms with Gasteiger partial charge in [-0.2, -0.15) is 0 Å². The zero-order chi connectivity index (χ0) is 24.5. The van der Waals surface area contributed by atoms with Gasteiger partial charge in [0.05, 0.1) is 6.61 Å². The molecule has 2 aromatic rings. The first-order valence-electron chi connectivity index (χ1n) is 11.7. The fourth-order valence-electron chi connectivity index (χ4n) is 4.69. The molecule has 0 aliphatic carbocycles. The van der Waals surface area contributed by atoms with Crippen molar-refractivity contribution >= 4 is 34.9 Å². The number of hydrogen-bond acceptors (Lipinski definition) is 6. The molecule has 0 bridgehead atoms. The zero-order valence-corrected chi connectivity index (χ0v) is 19.1. The molecular weight excluding hydrogens is 450 g/mol. The molecule has 10 nitrogen and oxygen atoms in total. The fraction of sp³-hybridized carbons (Fsp3) is 0.360. The Morgan fingerprint density at radius 1 is 1.14 bits per heavy atom. The van der Waals surface area contributed by atoms with E-state index < -0.39 is 24.0 Å². The highest BCUT2D eigenvalue weighted by Gasteiger charge is 2.39. The Hall–Kier alpha value is -3.76. The number of rotatable bonds is 5. The molecule has 0 aromatic heterocycles. The van der Waals surface area contributed by atoms with Crippen LogP contribution < -0.4 is 15.5 Å². The lowest BCUT2D eigenvalue weighted by molar-refractivity contribution is -0.150. The van der Waals surface area contributed by atoms with E-state index in [1.165, 1.54) is 4.90 Å². The van der Waals surface area contributed by atoms with Gasteiger partial charge in [-0.25, -0.2) is 0 Å². The molecule has 3 heterocycles. The molecule has 3 amide bonds. The maximum absolute atomic E-state index is 13.2. The van der Waals surface area contributed by atoms with Crippen molar-refractivity contribution in [3.8, 4) is 0 Å². The standard InChI is InChI=1S/C25H27N5O5/c26-22-19-7-6-17(12-16(19)14-27-22)28-23(32)20(31)21-25(34)30(10-11-35-21)18-5-3-4-15(13-18)24(33)29-8-1-2-9-29/h3-7,12-13,20-21,31H,1-2,8-11,14H2,(H2,26,27)(H,28,32)/t20?,21-/m1/s1. The smallest absolute Gasteiger partial charge is 0.259 e. The number of ether oxygens (including phenoxy) is 1. The van der Waals surface area contributed by atoms with Gasteiger partial charge in [0.2, 0.25) is 0 Å². The molecule has 35 heavy (non-hydrogen) atoms. The molecular formula is C25H27N5O5. The summed E-state index contributed by atoms with van der Waals surface area (Å²) in [6, 6.07) is 11.9. The van der Waals surface area contributed by atoms with Crippen LogP contribution in [0.3, 0.4) is 0 Å². The summed E-state index contributed by atoms with van der Waals surface area (Å²) in [6.45, 7) is 2.32. The highest BCUT2D eigenvalue weighted by atomic mass is 16.5. The lowest BCUT2D eigenvalue weighted by Gasteiger charge is -2.34. The first kappa shape index (κ1) is 23.0. The van der Waals surface area contributed by atoms with Gasteiger partial charge in [0.25, 0.3) is 17.7 Å². The van der Waals surface area contributed by atoms with Crippen molar-refractivity contribution in [2.75, 3.05) is 36.5 Å². The van der Waals surface area contributed by atoms with Crippen LogP contribution in [0.4, 0.5) is 11.4 Å². The van der Waals surface area contributed by atoms with Gasteiger partial charge in [0.1, 0.15) is 5.84 Å². The van der Waals surface area contributed by atoms with E-state index in [4.69, 9.17) is 10.1 Å². The molecule has 2 saturated heterocycles. The van der Waals surface area contributed by atoms with Gasteiger partial charge in [-0.15, -0.1) is 0 Å². The minimum Gasteiger partial charge on any atom is -0.380 e. The van der Waals surface area contributed by atoms with Gasteiger partial charge < -0.3 is 30.3 Å². The molecule has 3 aliphatic heterocycles. The molecule has 3 aliphatic rings. The molecule has 2 fully saturated rings. The van der Waals surface area contributed by atoms with Gasteiger partial charge >= 0.3 is 0 Å². The van der Waals surface area contributed by atoms with E-state index in [1.807, 2.05) is 0 Å². The monoisotopic (exact) mass is 477 g/mol. The summed E-state index contributed by atoms with van der Waals surface area (Å²) < 4.78 is 5.49. The number of hydrogen-bond donors (Lipinski definition) is 4. The van der Waals surface area contributed by atoms with Gasteiger partial charge in [0.15, 0.2) is 12.2 Å². The van der Waals surface area contributed by atoms with Crippen molar-refractivity contribution in [2.24, 2.45) is 0 Å². The van der Waals surface area contributed by atoms with Crippen LogP contribution in [-0.4, -0.2) is 72.0 Å². The number of aliphatic hydroxyl groups excluding tert-OH is 1. The third-order valence-corrected chi connectivity index (χ3v) is 6.57. The first-order valence-corrected chi connectivity index (χ1v) is 11.7. The van der Waals surface area contributed by atoms with Crippen LogP contribution in [0.2, 0.25) is 0 Å². The number of amides is 3. The Labute approximate surface area is 202 Å². The SMILES string of the molecule is N=C1NCc2cc(NC(=O)C(O)[C@H]3OCCN(c4cccc(C(=O)N5CCCC5)c4)C3=O)ccc21. The van der Waals surface area contributed by atoms with Gasteiger partial charge in [-0.3, -0.25) is 19.8 Å². The quantitative estimate of drug-likeness (QED) is 0.509. The molecule has 1 unspecified atom stereocenters. The topological polar surface area (TPSA) is 135 Å². The molecule has 2 atom stereocenters. The second-order valence-corrected chi connectivity index (χ2v) is 8.87. The van der Waals surface area contributed by atoms with E-state index in [2.05, 4.69) is 10.6 Å². The largest absolute Gasteiger partial charge is 0.380 e. The summed E-state index contributed by atoms with van der Waals surface area (Å²) in [7, 11) is 0. The Morgan fingerprint density at radius 2 is 1.94 bits per heavy atom. The number of morpholine rings is 1. The summed E-state index contributed by atoms with van der Waals surface area (Å²) in [4.78, 5) is 41.9. The lowest BCUT2D eigenvalue weighted by atomic mass is 10.1. The molecule has 0 saturated carbocycles. The van der Waals surface area contributed by atoms with Crippen LogP contribution in [0.15, 0.2) is 42.5 Å². The van der Waals surface area contributed by atoms with E-state index in [-0.39, 0.29) is 19.1 Å². The van der Waals surface area contributed by atoms with E-state index in [0.717, 1.165) is 37.1 Å². The molecule has 10 heteroatoms. The van der Waals surface area contributed by atoms with Crippen LogP contribution in [0.25, 0.3) is 0 Å². The average molecular weight is 478 g/mol. The maximum Gasteiger partial charge on any atom is 0.259 e. The number of carbonyl (C=O) groups is 3. The second-order valence-electron chi connectivity index (χ2n) is 8.87. The number of nitrogens with one attached hydrogen (secondary N) is 3. The molecule has 0 radical (unpaired) electrons. The van der Waals surface area contributed by atoms with Crippen LogP contribution in [-0.2, 0) is 20.9 Å². The van der Waals surface area contributed by atoms with Crippen molar-refractivity contribution in [3.63, 3.8) is 0 Å². The van der Waals surface area contributed by atoms with Gasteiger partial charge in [-0.1, -0.05) is 6.07 Å². The predicted molar refractivity (Wildman–Crippen MR) is 128 cm³/mol. The lowest BCUT2D eigenvalue weighted by Crippen LogP contribution is -2.55. The fourth-order valence-corrected chi connectivity index (χ4v) is 4.69. The van der Waals surface area contributed by atoms with Crippen molar-refractivity contribution in [2.45, 2.75) is 31.6 Å². The van der Waals surface area contributed by atoms with E-state index in [0.29, 0.717) is 29.3 Å². The average Bonchev–Trinajstić information content (AvgIpc) is 3.54. The number of fused-ring (bicyclic) bond motifs is 1. The summed E-state index contributed by atoms with van der Waals surface area (Å²) in [5.74, 6) is -1.05. The van der Waals surface area contributed by atoms with E-state index in [1.54, 1.807) is 47.4 Å². The Balaban J connectivity index is 1.28. The minimum absolute atomic E-state index is 0.0688. The minimum atomic E-state index is -1.72. The summed E-state index contributed by atoms with van der Waals surface area (Å²) in [5.41, 5.74) is 3.10. The van der Waals surface area contributed by atoms with E-state index in [9.17, 15) is 19.5 Å². The summed E-state index contributed by atoms with van der Waals surface area (Å²) >= 11 is 0. The Morgan fingerprint density at radius 3 is 2.74 bits per heavy atom. The van der Waals surface area contributed by atoms with Crippen LogP contribution in [0.5, 0.6) is 0 Å². The molecule has 4 N–H and O–H groups in total. The second kappa shape index (κ2) is 9.47. The Bertz CT molecular complexity index is 1190. The number of amidine groups is 1. The normalized spacial score (nSPS) is 20.4. The third-order valence-electron chi connectivity index (χ3n) is 6.57. The van der Waals surface area contributed by atoms with Crippen LogP contribution >= 0.6 is 0 Å². The van der Waals surface area contributed by atoms with Crippen molar-refractivity contribution in [3.05, 3.63) is 59.2 Å². The van der Waals surface area contributed by atoms with Crippen molar-refractivity contribution in [1.82, 2.24) is 10.2 Å². The number of likely N-dealkylation sites (tertiary alicyclic amines) is 1. The number of benzene rings is 2. The highest BCUT2D eigenvalue weighted by molar-refractivity contribution is 6.05. The predicted octanol–water partition coefficient (Wildman–Crippen LogP) is 1.08. The molecule has 2 aromatic carbocycles. The third kappa shape index (κ3) is 4.50. The maximum atomic E-state index is 13.2. The number of aliphatic hydroxyl groups is 1. The summed E-state index contributed by atoms with van der Waals surface area (Å²) in [6.07, 6.45) is -1.11. The number of carbonyl (C=O) groups excluding carboxylic acids is 3. The highest BCUT2D eigenvalue weighted by Crippen LogP contribution is 2.24. The van der Waals surface area contributed by atoms with Gasteiger partial charge in [0, 0.05) is 48.7 Å². The molecule has 5 rings (SSSR count). The van der Waals surface area contributed by atoms with Crippen LogP contribution in [0.1, 0.15) is 34.3 Å². The zero-order valence-electron chi connectivity index (χ0n) is 19.1. The van der Waals surface area contributed by atoms with E-state index >= 15 is 0 Å². The first-order chi connectivity index (χ1) is 16.9. The summed E-state index contributed by atoms with van der Waals surface area (Å²) in [5, 5.41) is 24.0. The van der Waals surface area contributed by atoms with Crippen LogP contribution in [0, 0.1) is 5.41 Å². The van der Waals surface area contributed by atoms with Crippen molar-refractivity contribution < 1.29 is 24.2 Å².